The van der Waals surface area contributed by atoms with Crippen molar-refractivity contribution in [2.45, 2.75) is 33.4 Å². The van der Waals surface area contributed by atoms with Gasteiger partial charge in [-0.15, -0.1) is 0 Å². The number of carbonyl (C=O) groups is 1. The first-order chi connectivity index (χ1) is 14.0. The number of benzene rings is 1. The molecule has 148 valence electrons. The SMILES string of the molecule is Cc1cc(C(=O)NC(C)c2ccc(-n3cncn3)cc2)c(C)n1Cc1ccco1. The van der Waals surface area contributed by atoms with Gasteiger partial charge in [-0.05, 0) is 56.7 Å². The summed E-state index contributed by atoms with van der Waals surface area (Å²) in [6, 6.07) is 13.5. The third-order valence-electron chi connectivity index (χ3n) is 5.14. The number of nitrogens with one attached hydrogen (secondary N) is 1. The standard InChI is InChI=1S/C22H23N5O2/c1-15-11-21(17(3)26(15)12-20-5-4-10-29-20)22(28)25-16(2)18-6-8-19(9-7-18)27-14-23-13-24-27/h4-11,13-14,16H,12H2,1-3H3,(H,25,28). The number of carbonyl (C=O) groups excluding carboxylic acids is 1. The molecule has 0 bridgehead atoms. The molecule has 1 N–H and O–H groups in total. The van der Waals surface area contributed by atoms with E-state index < -0.39 is 0 Å². The van der Waals surface area contributed by atoms with E-state index in [9.17, 15) is 4.79 Å². The second-order valence-electron chi connectivity index (χ2n) is 7.08. The molecule has 1 atom stereocenters. The quantitative estimate of drug-likeness (QED) is 0.544. The monoisotopic (exact) mass is 389 g/mol. The van der Waals surface area contributed by atoms with E-state index in [1.165, 1.54) is 6.33 Å². The summed E-state index contributed by atoms with van der Waals surface area (Å²) in [6.45, 7) is 6.54. The second kappa shape index (κ2) is 7.79. The van der Waals surface area contributed by atoms with Gasteiger partial charge in [-0.2, -0.15) is 5.10 Å². The van der Waals surface area contributed by atoms with E-state index in [1.54, 1.807) is 17.3 Å². The molecule has 0 fully saturated rings. The number of nitrogens with zero attached hydrogens (tertiary/aromatic N) is 4. The van der Waals surface area contributed by atoms with Crippen LogP contribution < -0.4 is 5.32 Å². The van der Waals surface area contributed by atoms with Crippen molar-refractivity contribution in [3.05, 3.63) is 89.7 Å². The van der Waals surface area contributed by atoms with Crippen molar-refractivity contribution in [3.63, 3.8) is 0 Å². The lowest BCUT2D eigenvalue weighted by Gasteiger charge is -2.15. The van der Waals surface area contributed by atoms with Gasteiger partial charge in [0.2, 0.25) is 0 Å². The molecular formula is C22H23N5O2. The minimum Gasteiger partial charge on any atom is -0.467 e. The van der Waals surface area contributed by atoms with Gasteiger partial charge in [-0.25, -0.2) is 9.67 Å². The van der Waals surface area contributed by atoms with E-state index in [-0.39, 0.29) is 11.9 Å². The fourth-order valence-electron chi connectivity index (χ4n) is 3.45. The molecule has 3 aromatic heterocycles. The molecule has 0 radical (unpaired) electrons. The van der Waals surface area contributed by atoms with Crippen molar-refractivity contribution in [3.8, 4) is 5.69 Å². The maximum Gasteiger partial charge on any atom is 0.253 e. The molecule has 29 heavy (non-hydrogen) atoms. The summed E-state index contributed by atoms with van der Waals surface area (Å²) in [5, 5.41) is 7.22. The zero-order chi connectivity index (χ0) is 20.4. The average molecular weight is 389 g/mol. The first-order valence-electron chi connectivity index (χ1n) is 9.48. The largest absolute Gasteiger partial charge is 0.467 e. The molecule has 0 aliphatic rings. The Hall–Kier alpha value is -3.61. The van der Waals surface area contributed by atoms with Gasteiger partial charge in [0.1, 0.15) is 18.4 Å². The fraction of sp³-hybridized carbons (Fsp3) is 0.227. The van der Waals surface area contributed by atoms with E-state index in [4.69, 9.17) is 4.42 Å². The van der Waals surface area contributed by atoms with Gasteiger partial charge in [0, 0.05) is 11.4 Å². The molecule has 7 nitrogen and oxygen atoms in total. The van der Waals surface area contributed by atoms with Gasteiger partial charge in [-0.3, -0.25) is 4.79 Å². The predicted molar refractivity (Wildman–Crippen MR) is 109 cm³/mol. The number of aromatic nitrogens is 4. The summed E-state index contributed by atoms with van der Waals surface area (Å²) in [5.41, 5.74) is 4.57. The molecule has 1 unspecified atom stereocenters. The van der Waals surface area contributed by atoms with Gasteiger partial charge in [0.15, 0.2) is 0 Å². The van der Waals surface area contributed by atoms with Gasteiger partial charge in [-0.1, -0.05) is 12.1 Å². The summed E-state index contributed by atoms with van der Waals surface area (Å²) in [7, 11) is 0. The zero-order valence-corrected chi connectivity index (χ0v) is 16.7. The Balaban J connectivity index is 1.47. The van der Waals surface area contributed by atoms with E-state index >= 15 is 0 Å². The van der Waals surface area contributed by atoms with Crippen molar-refractivity contribution in [2.75, 3.05) is 0 Å². The molecule has 7 heteroatoms. The number of hydrogen-bond acceptors (Lipinski definition) is 4. The van der Waals surface area contributed by atoms with Crippen LogP contribution in [-0.2, 0) is 6.54 Å². The summed E-state index contributed by atoms with van der Waals surface area (Å²) >= 11 is 0. The normalized spacial score (nSPS) is 12.1. The topological polar surface area (TPSA) is 77.9 Å². The molecule has 0 aliphatic heterocycles. The Labute approximate surface area is 169 Å². The van der Waals surface area contributed by atoms with Crippen LogP contribution in [0.15, 0.2) is 65.8 Å². The van der Waals surface area contributed by atoms with Gasteiger partial charge in [0.25, 0.3) is 5.91 Å². The molecule has 4 aromatic rings. The molecule has 3 heterocycles. The Morgan fingerprint density at radius 2 is 2.00 bits per heavy atom. The third kappa shape index (κ3) is 3.85. The van der Waals surface area contributed by atoms with Crippen LogP contribution in [0.1, 0.15) is 46.0 Å². The highest BCUT2D eigenvalue weighted by atomic mass is 16.3. The highest BCUT2D eigenvalue weighted by Gasteiger charge is 2.18. The number of amides is 1. The zero-order valence-electron chi connectivity index (χ0n) is 16.7. The first kappa shape index (κ1) is 18.7. The minimum atomic E-state index is -0.125. The van der Waals surface area contributed by atoms with Crippen LogP contribution in [0.2, 0.25) is 0 Å². The highest BCUT2D eigenvalue weighted by Crippen LogP contribution is 2.20. The van der Waals surface area contributed by atoms with Crippen molar-refractivity contribution >= 4 is 5.91 Å². The summed E-state index contributed by atoms with van der Waals surface area (Å²) in [6.07, 6.45) is 4.81. The second-order valence-corrected chi connectivity index (χ2v) is 7.08. The van der Waals surface area contributed by atoms with Crippen LogP contribution in [0.5, 0.6) is 0 Å². The summed E-state index contributed by atoms with van der Waals surface area (Å²) < 4.78 is 9.23. The Bertz CT molecular complexity index is 1090. The molecule has 0 aliphatic carbocycles. The van der Waals surface area contributed by atoms with Crippen LogP contribution in [0.4, 0.5) is 0 Å². The van der Waals surface area contributed by atoms with Crippen molar-refractivity contribution in [1.82, 2.24) is 24.6 Å². The lowest BCUT2D eigenvalue weighted by molar-refractivity contribution is 0.0939. The number of hydrogen-bond donors (Lipinski definition) is 1. The molecule has 0 spiro atoms. The smallest absolute Gasteiger partial charge is 0.253 e. The lowest BCUT2D eigenvalue weighted by Crippen LogP contribution is -2.27. The number of rotatable bonds is 6. The van der Waals surface area contributed by atoms with Crippen LogP contribution >= 0.6 is 0 Å². The van der Waals surface area contributed by atoms with Crippen LogP contribution in [0.3, 0.4) is 0 Å². The van der Waals surface area contributed by atoms with E-state index in [0.717, 1.165) is 28.4 Å². The maximum absolute atomic E-state index is 12.9. The van der Waals surface area contributed by atoms with Crippen LogP contribution in [0, 0.1) is 13.8 Å². The molecule has 0 saturated heterocycles. The van der Waals surface area contributed by atoms with E-state index in [1.807, 2.05) is 63.2 Å². The van der Waals surface area contributed by atoms with Gasteiger partial charge >= 0.3 is 0 Å². The van der Waals surface area contributed by atoms with Crippen LogP contribution in [0.25, 0.3) is 5.69 Å². The van der Waals surface area contributed by atoms with Crippen molar-refractivity contribution in [1.29, 1.82) is 0 Å². The minimum absolute atomic E-state index is 0.0864. The van der Waals surface area contributed by atoms with E-state index in [2.05, 4.69) is 20.0 Å². The average Bonchev–Trinajstić information content (AvgIpc) is 3.47. The predicted octanol–water partition coefficient (Wildman–Crippen LogP) is 3.82. The molecular weight excluding hydrogens is 366 g/mol. The number of furan rings is 1. The van der Waals surface area contributed by atoms with Gasteiger partial charge in [0.05, 0.1) is 30.1 Å². The maximum atomic E-state index is 12.9. The molecule has 0 saturated carbocycles. The van der Waals surface area contributed by atoms with E-state index in [0.29, 0.717) is 12.1 Å². The van der Waals surface area contributed by atoms with Crippen LogP contribution in [-0.4, -0.2) is 25.2 Å². The number of aryl methyl sites for hydroxylation is 1. The lowest BCUT2D eigenvalue weighted by atomic mass is 10.1. The van der Waals surface area contributed by atoms with Crippen molar-refractivity contribution < 1.29 is 9.21 Å². The molecule has 4 rings (SSSR count). The summed E-state index contributed by atoms with van der Waals surface area (Å²) in [4.78, 5) is 16.9. The Morgan fingerprint density at radius 1 is 1.21 bits per heavy atom. The summed E-state index contributed by atoms with van der Waals surface area (Å²) in [5.74, 6) is 0.774. The molecule has 1 amide bonds. The highest BCUT2D eigenvalue weighted by molar-refractivity contribution is 5.96. The molecule has 1 aromatic carbocycles. The Kier molecular flexibility index (Phi) is 5.03. The van der Waals surface area contributed by atoms with Gasteiger partial charge < -0.3 is 14.3 Å². The Morgan fingerprint density at radius 3 is 2.66 bits per heavy atom. The van der Waals surface area contributed by atoms with Crippen molar-refractivity contribution in [2.24, 2.45) is 0 Å². The fourth-order valence-corrected chi connectivity index (χ4v) is 3.45. The first-order valence-corrected chi connectivity index (χ1v) is 9.48. The third-order valence-corrected chi connectivity index (χ3v) is 5.14.